The third-order valence-corrected chi connectivity index (χ3v) is 7.16. The molecule has 0 aromatic heterocycles. The molecule has 0 heterocycles. The third-order valence-electron chi connectivity index (χ3n) is 4.36. The Morgan fingerprint density at radius 3 is 1.87 bits per heavy atom. The van der Waals surface area contributed by atoms with Gasteiger partial charge in [0.1, 0.15) is 6.04 Å². The highest BCUT2D eigenvalue weighted by atomic mass is 35.5. The maximum Gasteiger partial charge on any atom is 0.244 e. The molecule has 0 aliphatic rings. The van der Waals surface area contributed by atoms with Gasteiger partial charge in [-0.3, -0.25) is 9.10 Å². The third kappa shape index (κ3) is 6.10. The van der Waals surface area contributed by atoms with E-state index in [9.17, 15) is 21.6 Å². The molecular weight excluding hydrogens is 471 g/mol. The van der Waals surface area contributed by atoms with Crippen molar-refractivity contribution in [3.05, 3.63) is 58.1 Å². The molecular formula is C19H22Cl2N2O5S2. The van der Waals surface area contributed by atoms with Crippen LogP contribution in [0.2, 0.25) is 10.0 Å². The van der Waals surface area contributed by atoms with Gasteiger partial charge < -0.3 is 5.32 Å². The van der Waals surface area contributed by atoms with E-state index in [0.29, 0.717) is 5.56 Å². The molecule has 30 heavy (non-hydrogen) atoms. The first-order chi connectivity index (χ1) is 13.7. The maximum absolute atomic E-state index is 12.8. The Kier molecular flexibility index (Phi) is 7.45. The summed E-state index contributed by atoms with van der Waals surface area (Å²) in [5.41, 5.74) is 0.836. The summed E-state index contributed by atoms with van der Waals surface area (Å²) in [4.78, 5) is 13.0. The predicted molar refractivity (Wildman–Crippen MR) is 119 cm³/mol. The van der Waals surface area contributed by atoms with Gasteiger partial charge in [0.2, 0.25) is 15.9 Å². The Morgan fingerprint density at radius 2 is 1.43 bits per heavy atom. The minimum absolute atomic E-state index is 0.166. The van der Waals surface area contributed by atoms with E-state index in [2.05, 4.69) is 5.32 Å². The molecule has 164 valence electrons. The summed E-state index contributed by atoms with van der Waals surface area (Å²) in [5.74, 6) is -0.545. The summed E-state index contributed by atoms with van der Waals surface area (Å²) in [5, 5.41) is 3.21. The van der Waals surface area contributed by atoms with E-state index in [-0.39, 0.29) is 20.6 Å². The second-order valence-electron chi connectivity index (χ2n) is 6.93. The van der Waals surface area contributed by atoms with E-state index >= 15 is 0 Å². The van der Waals surface area contributed by atoms with E-state index in [1.807, 2.05) is 0 Å². The van der Waals surface area contributed by atoms with Gasteiger partial charge in [-0.15, -0.1) is 0 Å². The monoisotopic (exact) mass is 492 g/mol. The number of sulfonamides is 1. The van der Waals surface area contributed by atoms with Gasteiger partial charge in [0, 0.05) is 16.3 Å². The van der Waals surface area contributed by atoms with Crippen molar-refractivity contribution >= 4 is 54.7 Å². The normalized spacial score (nSPS) is 14.1. The smallest absolute Gasteiger partial charge is 0.244 e. The summed E-state index contributed by atoms with van der Waals surface area (Å²) in [6.07, 6.45) is 2.09. The summed E-state index contributed by atoms with van der Waals surface area (Å²) >= 11 is 12.0. The first-order valence-corrected chi connectivity index (χ1v) is 13.3. The minimum Gasteiger partial charge on any atom is -0.348 e. The van der Waals surface area contributed by atoms with Crippen molar-refractivity contribution in [1.82, 2.24) is 5.32 Å². The summed E-state index contributed by atoms with van der Waals surface area (Å²) < 4.78 is 48.9. The molecule has 1 N–H and O–H groups in total. The molecule has 0 saturated carbocycles. The fourth-order valence-electron chi connectivity index (χ4n) is 2.90. The number of rotatable bonds is 7. The zero-order valence-corrected chi connectivity index (χ0v) is 19.9. The van der Waals surface area contributed by atoms with Crippen molar-refractivity contribution in [2.24, 2.45) is 0 Å². The predicted octanol–water partition coefficient (Wildman–Crippen LogP) is 3.43. The van der Waals surface area contributed by atoms with Crippen LogP contribution >= 0.6 is 23.2 Å². The lowest BCUT2D eigenvalue weighted by Crippen LogP contribution is -2.48. The van der Waals surface area contributed by atoms with Crippen LogP contribution in [0.4, 0.5) is 5.69 Å². The number of benzene rings is 2. The van der Waals surface area contributed by atoms with Gasteiger partial charge in [0.25, 0.3) is 0 Å². The number of amides is 1. The topological polar surface area (TPSA) is 101 Å². The lowest BCUT2D eigenvalue weighted by Gasteiger charge is -2.29. The second-order valence-corrected chi connectivity index (χ2v) is 11.7. The Bertz CT molecular complexity index is 1130. The molecule has 0 bridgehead atoms. The molecule has 0 radical (unpaired) electrons. The van der Waals surface area contributed by atoms with Crippen LogP contribution in [-0.4, -0.2) is 41.3 Å². The number of sulfone groups is 1. The number of carbonyl (C=O) groups is 1. The number of nitrogens with zero attached hydrogens (tertiary/aromatic N) is 1. The minimum atomic E-state index is -3.83. The number of carbonyl (C=O) groups excluding carboxylic acids is 1. The molecule has 0 spiro atoms. The Balaban J connectivity index is 2.27. The Hall–Kier alpha value is -1.81. The van der Waals surface area contributed by atoms with Gasteiger partial charge in [-0.05, 0) is 49.7 Å². The van der Waals surface area contributed by atoms with E-state index in [1.165, 1.54) is 37.3 Å². The highest BCUT2D eigenvalue weighted by Crippen LogP contribution is 2.29. The molecule has 7 nitrogen and oxygen atoms in total. The molecule has 2 atom stereocenters. The van der Waals surface area contributed by atoms with Gasteiger partial charge in [-0.25, -0.2) is 16.8 Å². The fraction of sp³-hybridized carbons (Fsp3) is 0.316. The molecule has 2 aromatic carbocycles. The van der Waals surface area contributed by atoms with Crippen LogP contribution in [0.25, 0.3) is 0 Å². The zero-order valence-electron chi connectivity index (χ0n) is 16.8. The number of hydrogen-bond donors (Lipinski definition) is 1. The average molecular weight is 493 g/mol. The molecule has 0 aliphatic carbocycles. The van der Waals surface area contributed by atoms with E-state index in [0.717, 1.165) is 16.8 Å². The number of anilines is 1. The summed E-state index contributed by atoms with van der Waals surface area (Å²) in [6, 6.07) is 8.79. The van der Waals surface area contributed by atoms with Crippen LogP contribution in [0.3, 0.4) is 0 Å². The van der Waals surface area contributed by atoms with Gasteiger partial charge in [0.05, 0.1) is 22.9 Å². The van der Waals surface area contributed by atoms with Gasteiger partial charge in [-0.1, -0.05) is 35.3 Å². The Labute approximate surface area is 187 Å². The summed E-state index contributed by atoms with van der Waals surface area (Å²) in [6.45, 7) is 3.16. The van der Waals surface area contributed by atoms with E-state index in [1.54, 1.807) is 19.1 Å². The molecule has 0 saturated heterocycles. The molecule has 11 heteroatoms. The highest BCUT2D eigenvalue weighted by Gasteiger charge is 2.30. The van der Waals surface area contributed by atoms with Crippen molar-refractivity contribution in [2.45, 2.75) is 30.8 Å². The number of nitrogens with one attached hydrogen (secondary N) is 1. The lowest BCUT2D eigenvalue weighted by molar-refractivity contribution is -0.122. The van der Waals surface area contributed by atoms with Crippen molar-refractivity contribution in [2.75, 3.05) is 16.8 Å². The van der Waals surface area contributed by atoms with Crippen LogP contribution < -0.4 is 9.62 Å². The highest BCUT2D eigenvalue weighted by molar-refractivity contribution is 7.92. The summed E-state index contributed by atoms with van der Waals surface area (Å²) in [7, 11) is -7.16. The quantitative estimate of drug-likeness (QED) is 0.637. The molecule has 2 aromatic rings. The lowest BCUT2D eigenvalue weighted by atomic mass is 10.1. The molecule has 1 amide bonds. The van der Waals surface area contributed by atoms with Crippen molar-refractivity contribution in [1.29, 1.82) is 0 Å². The molecule has 2 rings (SSSR count). The van der Waals surface area contributed by atoms with E-state index in [4.69, 9.17) is 23.2 Å². The second kappa shape index (κ2) is 9.13. The standard InChI is InChI=1S/C19H22Cl2N2O5S2/c1-12(14-5-7-18(8-6-14)29(3,25)26)22-19(24)13(2)23(30(4,27)28)17-10-15(20)9-16(21)11-17/h5-13H,1-4H3,(H,22,24)/t12-,13+/m0/s1. The van der Waals surface area contributed by atoms with Gasteiger partial charge in [0.15, 0.2) is 9.84 Å². The van der Waals surface area contributed by atoms with Gasteiger partial charge in [-0.2, -0.15) is 0 Å². The van der Waals surface area contributed by atoms with Crippen LogP contribution in [0.15, 0.2) is 47.4 Å². The van der Waals surface area contributed by atoms with Crippen molar-refractivity contribution in [3.63, 3.8) is 0 Å². The maximum atomic E-state index is 12.8. The fourth-order valence-corrected chi connectivity index (χ4v) is 5.20. The first kappa shape index (κ1) is 24.5. The first-order valence-electron chi connectivity index (χ1n) is 8.76. The Morgan fingerprint density at radius 1 is 0.933 bits per heavy atom. The van der Waals surface area contributed by atoms with Crippen molar-refractivity contribution in [3.8, 4) is 0 Å². The molecule has 0 aliphatic heterocycles. The van der Waals surface area contributed by atoms with Crippen LogP contribution in [0.5, 0.6) is 0 Å². The number of halogens is 2. The van der Waals surface area contributed by atoms with E-state index < -0.39 is 37.9 Å². The molecule has 0 fully saturated rings. The van der Waals surface area contributed by atoms with Crippen molar-refractivity contribution < 1.29 is 21.6 Å². The SMILES string of the molecule is C[C@H](NC(=O)[C@@H](C)N(c1cc(Cl)cc(Cl)c1)S(C)(=O)=O)c1ccc(S(C)(=O)=O)cc1. The van der Waals surface area contributed by atoms with Crippen LogP contribution in [0.1, 0.15) is 25.5 Å². The molecule has 0 unspecified atom stereocenters. The zero-order chi connectivity index (χ0) is 22.9. The van der Waals surface area contributed by atoms with Crippen LogP contribution in [-0.2, 0) is 24.7 Å². The van der Waals surface area contributed by atoms with Crippen LogP contribution in [0, 0.1) is 0 Å². The number of hydrogen-bond acceptors (Lipinski definition) is 5. The van der Waals surface area contributed by atoms with Gasteiger partial charge >= 0.3 is 0 Å². The largest absolute Gasteiger partial charge is 0.348 e. The average Bonchev–Trinajstić information content (AvgIpc) is 2.59.